The minimum Gasteiger partial charge on any atom is -0.396 e. The zero-order chi connectivity index (χ0) is 10.4. The summed E-state index contributed by atoms with van der Waals surface area (Å²) in [7, 11) is 0. The van der Waals surface area contributed by atoms with E-state index in [2.05, 4.69) is 18.7 Å². The molecule has 2 heteroatoms. The molecular formula is C12H25NO. The van der Waals surface area contributed by atoms with Crippen LogP contribution in [0.2, 0.25) is 0 Å². The highest BCUT2D eigenvalue weighted by Gasteiger charge is 2.27. The van der Waals surface area contributed by atoms with Crippen molar-refractivity contribution in [2.24, 2.45) is 0 Å². The van der Waals surface area contributed by atoms with Gasteiger partial charge in [0, 0.05) is 18.7 Å². The van der Waals surface area contributed by atoms with Gasteiger partial charge >= 0.3 is 0 Å². The maximum absolute atomic E-state index is 8.84. The van der Waals surface area contributed by atoms with E-state index in [1.165, 1.54) is 38.6 Å². The number of aliphatic hydroxyl groups is 1. The van der Waals surface area contributed by atoms with Crippen molar-refractivity contribution in [2.45, 2.75) is 64.5 Å². The Labute approximate surface area is 88.3 Å². The molecule has 0 aromatic heterocycles. The normalized spacial score (nSPS) is 25.5. The number of aliphatic hydroxyl groups excluding tert-OH is 1. The molecule has 1 aliphatic rings. The molecule has 1 heterocycles. The molecule has 0 amide bonds. The molecule has 1 rings (SSSR count). The van der Waals surface area contributed by atoms with E-state index < -0.39 is 0 Å². The lowest BCUT2D eigenvalue weighted by molar-refractivity contribution is 0.164. The third-order valence-electron chi connectivity index (χ3n) is 3.39. The molecule has 0 saturated carbocycles. The zero-order valence-corrected chi connectivity index (χ0v) is 9.71. The fourth-order valence-corrected chi connectivity index (χ4v) is 2.66. The van der Waals surface area contributed by atoms with Gasteiger partial charge in [0.05, 0.1) is 0 Å². The van der Waals surface area contributed by atoms with Crippen LogP contribution in [0.4, 0.5) is 0 Å². The molecule has 0 radical (unpaired) electrons. The molecule has 0 spiro atoms. The van der Waals surface area contributed by atoms with Crippen molar-refractivity contribution < 1.29 is 5.11 Å². The summed E-state index contributed by atoms with van der Waals surface area (Å²) in [4.78, 5) is 2.65. The molecule has 0 aromatic carbocycles. The summed E-state index contributed by atoms with van der Waals surface area (Å²) in [6, 6.07) is 1.50. The standard InChI is InChI=1S/C12H25NO/c1-3-6-11(2)13-9-4-7-12(13)8-5-10-14/h11-12,14H,3-10H2,1-2H3. The molecular weight excluding hydrogens is 174 g/mol. The van der Waals surface area contributed by atoms with Gasteiger partial charge in [0.1, 0.15) is 0 Å². The Morgan fingerprint density at radius 1 is 1.50 bits per heavy atom. The second-order valence-corrected chi connectivity index (χ2v) is 4.54. The summed E-state index contributed by atoms with van der Waals surface area (Å²) in [6.45, 7) is 6.24. The maximum atomic E-state index is 8.84. The van der Waals surface area contributed by atoms with Crippen LogP contribution in [0.1, 0.15) is 52.4 Å². The summed E-state index contributed by atoms with van der Waals surface area (Å²) >= 11 is 0. The first-order valence-corrected chi connectivity index (χ1v) is 6.16. The van der Waals surface area contributed by atoms with Gasteiger partial charge in [0.15, 0.2) is 0 Å². The van der Waals surface area contributed by atoms with Gasteiger partial charge in [-0.3, -0.25) is 4.90 Å². The number of hydrogen-bond donors (Lipinski definition) is 1. The maximum Gasteiger partial charge on any atom is 0.0431 e. The van der Waals surface area contributed by atoms with E-state index in [-0.39, 0.29) is 0 Å². The fourth-order valence-electron chi connectivity index (χ4n) is 2.66. The second-order valence-electron chi connectivity index (χ2n) is 4.54. The van der Waals surface area contributed by atoms with Crippen molar-refractivity contribution in [3.05, 3.63) is 0 Å². The minimum atomic E-state index is 0.354. The van der Waals surface area contributed by atoms with Crippen LogP contribution in [0.15, 0.2) is 0 Å². The molecule has 0 aromatic rings. The van der Waals surface area contributed by atoms with Crippen LogP contribution >= 0.6 is 0 Å². The van der Waals surface area contributed by atoms with Crippen LogP contribution in [0.5, 0.6) is 0 Å². The summed E-state index contributed by atoms with van der Waals surface area (Å²) in [6.07, 6.45) is 7.45. The van der Waals surface area contributed by atoms with Crippen LogP contribution in [0.3, 0.4) is 0 Å². The molecule has 14 heavy (non-hydrogen) atoms. The van der Waals surface area contributed by atoms with E-state index in [0.29, 0.717) is 6.61 Å². The van der Waals surface area contributed by atoms with E-state index in [9.17, 15) is 0 Å². The lowest BCUT2D eigenvalue weighted by Gasteiger charge is -2.30. The van der Waals surface area contributed by atoms with E-state index in [1.807, 2.05) is 0 Å². The van der Waals surface area contributed by atoms with Gasteiger partial charge in [-0.05, 0) is 45.6 Å². The number of nitrogens with zero attached hydrogens (tertiary/aromatic N) is 1. The molecule has 0 aliphatic carbocycles. The fraction of sp³-hybridized carbons (Fsp3) is 1.00. The predicted octanol–water partition coefficient (Wildman–Crippen LogP) is 2.41. The monoisotopic (exact) mass is 199 g/mol. The first-order chi connectivity index (χ1) is 6.79. The molecule has 84 valence electrons. The summed E-state index contributed by atoms with van der Waals surface area (Å²) in [5.41, 5.74) is 0. The van der Waals surface area contributed by atoms with Crippen LogP contribution in [-0.4, -0.2) is 35.2 Å². The van der Waals surface area contributed by atoms with Crippen molar-refractivity contribution in [1.82, 2.24) is 4.90 Å². The molecule has 1 saturated heterocycles. The Morgan fingerprint density at radius 3 is 2.93 bits per heavy atom. The highest BCUT2D eigenvalue weighted by atomic mass is 16.2. The largest absolute Gasteiger partial charge is 0.396 e. The van der Waals surface area contributed by atoms with Crippen molar-refractivity contribution in [3.8, 4) is 0 Å². The second kappa shape index (κ2) is 6.41. The minimum absolute atomic E-state index is 0.354. The molecule has 1 aliphatic heterocycles. The molecule has 1 N–H and O–H groups in total. The Morgan fingerprint density at radius 2 is 2.29 bits per heavy atom. The van der Waals surface area contributed by atoms with Crippen LogP contribution in [-0.2, 0) is 0 Å². The van der Waals surface area contributed by atoms with Crippen LogP contribution in [0, 0.1) is 0 Å². The average molecular weight is 199 g/mol. The first-order valence-electron chi connectivity index (χ1n) is 6.16. The van der Waals surface area contributed by atoms with Crippen molar-refractivity contribution in [2.75, 3.05) is 13.2 Å². The van der Waals surface area contributed by atoms with Crippen molar-refractivity contribution in [3.63, 3.8) is 0 Å². The molecule has 2 atom stereocenters. The third kappa shape index (κ3) is 3.25. The van der Waals surface area contributed by atoms with Gasteiger partial charge in [-0.25, -0.2) is 0 Å². The van der Waals surface area contributed by atoms with E-state index >= 15 is 0 Å². The van der Waals surface area contributed by atoms with Gasteiger partial charge in [-0.2, -0.15) is 0 Å². The lowest BCUT2D eigenvalue weighted by atomic mass is 10.1. The third-order valence-corrected chi connectivity index (χ3v) is 3.39. The number of likely N-dealkylation sites (tertiary alicyclic amines) is 1. The van der Waals surface area contributed by atoms with Crippen LogP contribution < -0.4 is 0 Å². The van der Waals surface area contributed by atoms with Gasteiger partial charge in [0.2, 0.25) is 0 Å². The summed E-state index contributed by atoms with van der Waals surface area (Å²) in [5, 5.41) is 8.84. The van der Waals surface area contributed by atoms with E-state index in [1.54, 1.807) is 0 Å². The molecule has 1 fully saturated rings. The lowest BCUT2D eigenvalue weighted by Crippen LogP contribution is -2.37. The first kappa shape index (κ1) is 12.0. The van der Waals surface area contributed by atoms with E-state index in [0.717, 1.165) is 18.5 Å². The van der Waals surface area contributed by atoms with Gasteiger partial charge in [0.25, 0.3) is 0 Å². The van der Waals surface area contributed by atoms with Crippen LogP contribution in [0.25, 0.3) is 0 Å². The predicted molar refractivity (Wildman–Crippen MR) is 60.4 cm³/mol. The Hall–Kier alpha value is -0.0800. The molecule has 2 unspecified atom stereocenters. The highest BCUT2D eigenvalue weighted by Crippen LogP contribution is 2.25. The van der Waals surface area contributed by atoms with Gasteiger partial charge in [-0.1, -0.05) is 13.3 Å². The SMILES string of the molecule is CCCC(C)N1CCCC1CCCO. The smallest absolute Gasteiger partial charge is 0.0431 e. The Balaban J connectivity index is 2.33. The quantitative estimate of drug-likeness (QED) is 0.710. The Kier molecular flexibility index (Phi) is 5.49. The average Bonchev–Trinajstić information content (AvgIpc) is 2.63. The summed E-state index contributed by atoms with van der Waals surface area (Å²) in [5.74, 6) is 0. The van der Waals surface area contributed by atoms with Crippen molar-refractivity contribution >= 4 is 0 Å². The van der Waals surface area contributed by atoms with Crippen molar-refractivity contribution in [1.29, 1.82) is 0 Å². The van der Waals surface area contributed by atoms with Gasteiger partial charge in [-0.15, -0.1) is 0 Å². The topological polar surface area (TPSA) is 23.5 Å². The zero-order valence-electron chi connectivity index (χ0n) is 9.71. The molecule has 2 nitrogen and oxygen atoms in total. The highest BCUT2D eigenvalue weighted by molar-refractivity contribution is 4.82. The Bertz CT molecular complexity index is 149. The molecule has 0 bridgehead atoms. The van der Waals surface area contributed by atoms with E-state index in [4.69, 9.17) is 5.11 Å². The summed E-state index contributed by atoms with van der Waals surface area (Å²) < 4.78 is 0. The number of rotatable bonds is 6. The van der Waals surface area contributed by atoms with Gasteiger partial charge < -0.3 is 5.11 Å². The number of hydrogen-bond acceptors (Lipinski definition) is 2.